The Balaban J connectivity index is 1.68. The summed E-state index contributed by atoms with van der Waals surface area (Å²) in [5.74, 6) is 2.40. The molecule has 120 valence electrons. The molecule has 3 aromatic carbocycles. The number of aliphatic hydroxyl groups excluding tert-OH is 1. The van der Waals surface area contributed by atoms with Crippen molar-refractivity contribution in [1.82, 2.24) is 0 Å². The van der Waals surface area contributed by atoms with Crippen molar-refractivity contribution < 1.29 is 14.9 Å². The van der Waals surface area contributed by atoms with Gasteiger partial charge in [0.1, 0.15) is 17.2 Å². The van der Waals surface area contributed by atoms with E-state index in [0.29, 0.717) is 23.8 Å². The summed E-state index contributed by atoms with van der Waals surface area (Å²) in [6.45, 7) is 2.11. The summed E-state index contributed by atoms with van der Waals surface area (Å²) in [5.41, 5.74) is 2.23. The number of phenols is 1. The average Bonchev–Trinajstić information content (AvgIpc) is 2.54. The van der Waals surface area contributed by atoms with E-state index in [1.165, 1.54) is 5.56 Å². The van der Waals surface area contributed by atoms with Crippen molar-refractivity contribution in [2.75, 3.05) is 0 Å². The van der Waals surface area contributed by atoms with E-state index >= 15 is 0 Å². The Morgan fingerprint density at radius 1 is 0.875 bits per heavy atom. The molecular weight excluding hydrogens is 300 g/mol. The Hall–Kier alpha value is -2.94. The summed E-state index contributed by atoms with van der Waals surface area (Å²) in [4.78, 5) is 0. The van der Waals surface area contributed by atoms with Crippen molar-refractivity contribution in [1.29, 1.82) is 0 Å². The zero-order chi connectivity index (χ0) is 16.7. The predicted molar refractivity (Wildman–Crippen MR) is 95.8 cm³/mol. The lowest BCUT2D eigenvalue weighted by molar-refractivity contribution is 0.379. The first-order valence-electron chi connectivity index (χ1n) is 8.02. The van der Waals surface area contributed by atoms with Gasteiger partial charge in [-0.25, -0.2) is 0 Å². The quantitative estimate of drug-likeness (QED) is 0.633. The van der Waals surface area contributed by atoms with Crippen LogP contribution >= 0.6 is 0 Å². The van der Waals surface area contributed by atoms with Gasteiger partial charge in [0.05, 0.1) is 5.76 Å². The normalized spacial score (nSPS) is 16.5. The number of fused-ring (bicyclic) bond motifs is 2. The monoisotopic (exact) mass is 318 g/mol. The van der Waals surface area contributed by atoms with Crippen molar-refractivity contribution in [2.24, 2.45) is 0 Å². The molecule has 0 amide bonds. The molecule has 0 fully saturated rings. The largest absolute Gasteiger partial charge is 0.512 e. The number of benzene rings is 3. The molecular formula is C21H18O3. The van der Waals surface area contributed by atoms with Crippen LogP contribution in [0.15, 0.2) is 60.4 Å². The molecule has 1 unspecified atom stereocenters. The van der Waals surface area contributed by atoms with Crippen molar-refractivity contribution >= 4 is 16.8 Å². The Kier molecular flexibility index (Phi) is 3.42. The van der Waals surface area contributed by atoms with E-state index in [-0.39, 0.29) is 5.75 Å². The first-order chi connectivity index (χ1) is 11.6. The highest BCUT2D eigenvalue weighted by molar-refractivity contribution is 5.85. The summed E-state index contributed by atoms with van der Waals surface area (Å²) in [5, 5.41) is 21.4. The van der Waals surface area contributed by atoms with Gasteiger partial charge in [-0.15, -0.1) is 0 Å². The lowest BCUT2D eigenvalue weighted by atomic mass is 9.87. The van der Waals surface area contributed by atoms with E-state index in [2.05, 4.69) is 13.0 Å². The van der Waals surface area contributed by atoms with E-state index in [1.54, 1.807) is 18.2 Å². The topological polar surface area (TPSA) is 49.7 Å². The van der Waals surface area contributed by atoms with Gasteiger partial charge in [-0.3, -0.25) is 0 Å². The molecule has 0 aliphatic heterocycles. The molecule has 0 aromatic heterocycles. The molecule has 3 nitrogen and oxygen atoms in total. The lowest BCUT2D eigenvalue weighted by Crippen LogP contribution is -2.04. The van der Waals surface area contributed by atoms with Gasteiger partial charge in [0.25, 0.3) is 0 Å². The maximum Gasteiger partial charge on any atom is 0.128 e. The number of rotatable bonds is 2. The minimum absolute atomic E-state index is 0.239. The van der Waals surface area contributed by atoms with Crippen molar-refractivity contribution in [3.05, 3.63) is 71.5 Å². The van der Waals surface area contributed by atoms with Gasteiger partial charge < -0.3 is 14.9 Å². The van der Waals surface area contributed by atoms with Crippen molar-refractivity contribution in [2.45, 2.75) is 19.3 Å². The predicted octanol–water partition coefficient (Wildman–Crippen LogP) is 5.74. The van der Waals surface area contributed by atoms with Crippen LogP contribution in [0.25, 0.3) is 16.8 Å². The van der Waals surface area contributed by atoms with E-state index in [9.17, 15) is 10.2 Å². The van der Waals surface area contributed by atoms with E-state index in [1.807, 2.05) is 36.4 Å². The number of allylic oxidation sites excluding steroid dienone is 1. The molecule has 1 aliphatic carbocycles. The number of aliphatic hydroxyl groups is 1. The zero-order valence-corrected chi connectivity index (χ0v) is 13.4. The number of phenolic OH excluding ortho intramolecular Hbond substituents is 1. The zero-order valence-electron chi connectivity index (χ0n) is 13.4. The summed E-state index contributed by atoms with van der Waals surface area (Å²) in [7, 11) is 0. The van der Waals surface area contributed by atoms with E-state index < -0.39 is 0 Å². The Morgan fingerprint density at radius 2 is 1.62 bits per heavy atom. The second-order valence-corrected chi connectivity index (χ2v) is 6.33. The van der Waals surface area contributed by atoms with Gasteiger partial charge in [0.2, 0.25) is 0 Å². The molecule has 4 rings (SSSR count). The first-order valence-corrected chi connectivity index (χ1v) is 8.02. The molecule has 0 bridgehead atoms. The van der Waals surface area contributed by atoms with Crippen molar-refractivity contribution in [3.8, 4) is 17.2 Å². The van der Waals surface area contributed by atoms with Crippen LogP contribution in [-0.2, 0) is 0 Å². The van der Waals surface area contributed by atoms with Gasteiger partial charge in [-0.05, 0) is 70.3 Å². The standard InChI is InChI=1S/C21H18O3/c1-13-8-18(23)10-16-12-20(6-7-21(13)16)24-19-5-3-14-2-4-17(22)9-15(14)11-19/h2-7,9-13,22-23H,8H2,1H3. The minimum atomic E-state index is 0.239. The molecule has 0 saturated carbocycles. The molecule has 0 heterocycles. The van der Waals surface area contributed by atoms with Crippen LogP contribution in [0.1, 0.15) is 30.4 Å². The van der Waals surface area contributed by atoms with E-state index in [0.717, 1.165) is 22.1 Å². The fourth-order valence-electron chi connectivity index (χ4n) is 3.26. The van der Waals surface area contributed by atoms with Crippen LogP contribution in [-0.4, -0.2) is 10.2 Å². The SMILES string of the molecule is CC1CC(O)=Cc2cc(Oc3ccc4ccc(O)cc4c3)ccc21. The summed E-state index contributed by atoms with van der Waals surface area (Å²) in [6, 6.07) is 17.0. The molecule has 0 radical (unpaired) electrons. The van der Waals surface area contributed by atoms with Crippen LogP contribution in [0.2, 0.25) is 0 Å². The Morgan fingerprint density at radius 3 is 2.50 bits per heavy atom. The molecule has 1 atom stereocenters. The molecule has 0 saturated heterocycles. The van der Waals surface area contributed by atoms with E-state index in [4.69, 9.17) is 4.74 Å². The highest BCUT2D eigenvalue weighted by atomic mass is 16.5. The highest BCUT2D eigenvalue weighted by Crippen LogP contribution is 2.35. The Bertz CT molecular complexity index is 956. The van der Waals surface area contributed by atoms with Gasteiger partial charge in [0.15, 0.2) is 0 Å². The molecule has 24 heavy (non-hydrogen) atoms. The third-order valence-corrected chi connectivity index (χ3v) is 4.46. The fourth-order valence-corrected chi connectivity index (χ4v) is 3.26. The van der Waals surface area contributed by atoms with Crippen LogP contribution in [0.5, 0.6) is 17.2 Å². The molecule has 3 aromatic rings. The van der Waals surface area contributed by atoms with Crippen LogP contribution in [0, 0.1) is 0 Å². The van der Waals surface area contributed by atoms with Gasteiger partial charge in [0, 0.05) is 6.42 Å². The Labute approximate surface area is 140 Å². The van der Waals surface area contributed by atoms with Crippen molar-refractivity contribution in [3.63, 3.8) is 0 Å². The summed E-state index contributed by atoms with van der Waals surface area (Å²) >= 11 is 0. The minimum Gasteiger partial charge on any atom is -0.512 e. The maximum absolute atomic E-state index is 9.85. The van der Waals surface area contributed by atoms with Crippen LogP contribution < -0.4 is 4.74 Å². The van der Waals surface area contributed by atoms with Gasteiger partial charge in [-0.1, -0.05) is 25.1 Å². The second-order valence-electron chi connectivity index (χ2n) is 6.33. The summed E-state index contributed by atoms with van der Waals surface area (Å²) in [6.07, 6.45) is 2.49. The lowest BCUT2D eigenvalue weighted by Gasteiger charge is -2.20. The number of aromatic hydroxyl groups is 1. The van der Waals surface area contributed by atoms with Gasteiger partial charge in [-0.2, -0.15) is 0 Å². The first kappa shape index (κ1) is 14.6. The smallest absolute Gasteiger partial charge is 0.128 e. The molecule has 3 heteroatoms. The molecule has 0 spiro atoms. The number of ether oxygens (including phenoxy) is 1. The van der Waals surface area contributed by atoms with Gasteiger partial charge >= 0.3 is 0 Å². The highest BCUT2D eigenvalue weighted by Gasteiger charge is 2.17. The molecule has 1 aliphatic rings. The van der Waals surface area contributed by atoms with Crippen LogP contribution in [0.4, 0.5) is 0 Å². The second kappa shape index (κ2) is 5.60. The average molecular weight is 318 g/mol. The third-order valence-electron chi connectivity index (χ3n) is 4.46. The third kappa shape index (κ3) is 2.69. The number of hydrogen-bond donors (Lipinski definition) is 2. The fraction of sp³-hybridized carbons (Fsp3) is 0.143. The van der Waals surface area contributed by atoms with Crippen LogP contribution in [0.3, 0.4) is 0 Å². The molecule has 2 N–H and O–H groups in total. The number of hydrogen-bond acceptors (Lipinski definition) is 3. The maximum atomic E-state index is 9.85. The summed E-state index contributed by atoms with van der Waals surface area (Å²) < 4.78 is 5.97.